The Bertz CT molecular complexity index is 458. The monoisotopic (exact) mass is 264 g/mol. The van der Waals surface area contributed by atoms with Gasteiger partial charge in [-0.25, -0.2) is 4.79 Å². The van der Waals surface area contributed by atoms with Crippen molar-refractivity contribution in [2.75, 3.05) is 0 Å². The third kappa shape index (κ3) is 5.07. The van der Waals surface area contributed by atoms with Crippen LogP contribution in [0.15, 0.2) is 18.3 Å². The van der Waals surface area contributed by atoms with Crippen LogP contribution in [0.4, 0.5) is 0 Å². The van der Waals surface area contributed by atoms with Gasteiger partial charge in [0.15, 0.2) is 0 Å². The smallest absolute Gasteiger partial charge is 0.326 e. The maximum atomic E-state index is 11.8. The zero-order valence-electron chi connectivity index (χ0n) is 11.5. The lowest BCUT2D eigenvalue weighted by Crippen LogP contribution is -2.42. The lowest BCUT2D eigenvalue weighted by molar-refractivity contribution is -0.142. The average Bonchev–Trinajstić information content (AvgIpc) is 2.30. The minimum atomic E-state index is -1.00. The summed E-state index contributed by atoms with van der Waals surface area (Å²) >= 11 is 0. The van der Waals surface area contributed by atoms with Gasteiger partial charge in [-0.2, -0.15) is 0 Å². The highest BCUT2D eigenvalue weighted by atomic mass is 16.4. The quantitative estimate of drug-likeness (QED) is 0.817. The van der Waals surface area contributed by atoms with Crippen LogP contribution in [0.3, 0.4) is 0 Å². The van der Waals surface area contributed by atoms with Crippen LogP contribution in [0.2, 0.25) is 0 Å². The molecule has 0 aliphatic heterocycles. The first-order valence-corrected chi connectivity index (χ1v) is 6.32. The molecule has 0 radical (unpaired) electrons. The van der Waals surface area contributed by atoms with Gasteiger partial charge in [0.25, 0.3) is 0 Å². The molecule has 1 rings (SSSR count). The molecule has 1 atom stereocenters. The van der Waals surface area contributed by atoms with Gasteiger partial charge in [-0.1, -0.05) is 19.9 Å². The second-order valence-corrected chi connectivity index (χ2v) is 5.03. The molecule has 0 saturated heterocycles. The number of carbonyl (C=O) groups excluding carboxylic acids is 1. The van der Waals surface area contributed by atoms with Crippen molar-refractivity contribution in [3.8, 4) is 0 Å². The van der Waals surface area contributed by atoms with Gasteiger partial charge >= 0.3 is 5.97 Å². The van der Waals surface area contributed by atoms with Crippen molar-refractivity contribution < 1.29 is 14.7 Å². The molecular formula is C14H20N2O3. The molecule has 1 amide bonds. The summed E-state index contributed by atoms with van der Waals surface area (Å²) in [5, 5.41) is 11.6. The van der Waals surface area contributed by atoms with E-state index in [4.69, 9.17) is 5.11 Å². The number of hydrogen-bond acceptors (Lipinski definition) is 3. The SMILES string of the molecule is Cc1cccnc1CC(=O)NC(CC(C)C)C(=O)O. The van der Waals surface area contributed by atoms with Crippen molar-refractivity contribution in [2.24, 2.45) is 5.92 Å². The third-order valence-corrected chi connectivity index (χ3v) is 2.79. The molecule has 5 heteroatoms. The molecule has 1 heterocycles. The molecule has 0 spiro atoms. The van der Waals surface area contributed by atoms with Crippen molar-refractivity contribution in [3.05, 3.63) is 29.6 Å². The molecule has 104 valence electrons. The molecule has 19 heavy (non-hydrogen) atoms. The van der Waals surface area contributed by atoms with Crippen molar-refractivity contribution in [2.45, 2.75) is 39.7 Å². The van der Waals surface area contributed by atoms with E-state index in [9.17, 15) is 9.59 Å². The van der Waals surface area contributed by atoms with Gasteiger partial charge in [0.2, 0.25) is 5.91 Å². The largest absolute Gasteiger partial charge is 0.480 e. The highest BCUT2D eigenvalue weighted by Crippen LogP contribution is 2.07. The number of carboxylic acid groups (broad SMARTS) is 1. The molecule has 2 N–H and O–H groups in total. The molecule has 0 aromatic carbocycles. The zero-order valence-corrected chi connectivity index (χ0v) is 11.5. The van der Waals surface area contributed by atoms with E-state index in [1.165, 1.54) is 0 Å². The lowest BCUT2D eigenvalue weighted by Gasteiger charge is -2.16. The molecule has 0 bridgehead atoms. The average molecular weight is 264 g/mol. The van der Waals surface area contributed by atoms with Crippen molar-refractivity contribution in [1.29, 1.82) is 0 Å². The Hall–Kier alpha value is -1.91. The number of carbonyl (C=O) groups is 2. The van der Waals surface area contributed by atoms with E-state index in [1.54, 1.807) is 12.3 Å². The molecule has 0 aliphatic rings. The Kier molecular flexibility index (Phi) is 5.48. The zero-order chi connectivity index (χ0) is 14.4. The normalized spacial score (nSPS) is 12.2. The Morgan fingerprint density at radius 1 is 1.42 bits per heavy atom. The predicted octanol–water partition coefficient (Wildman–Crippen LogP) is 1.55. The minimum absolute atomic E-state index is 0.106. The van der Waals surface area contributed by atoms with Crippen LogP contribution in [0.5, 0.6) is 0 Å². The molecule has 0 saturated carbocycles. The molecule has 1 aromatic heterocycles. The van der Waals surface area contributed by atoms with Crippen LogP contribution in [0.25, 0.3) is 0 Å². The van der Waals surface area contributed by atoms with Gasteiger partial charge in [-0.3, -0.25) is 9.78 Å². The summed E-state index contributed by atoms with van der Waals surface area (Å²) in [4.78, 5) is 27.0. The van der Waals surface area contributed by atoms with Crippen LogP contribution in [0, 0.1) is 12.8 Å². The minimum Gasteiger partial charge on any atom is -0.480 e. The van der Waals surface area contributed by atoms with E-state index < -0.39 is 12.0 Å². The number of pyridine rings is 1. The second-order valence-electron chi connectivity index (χ2n) is 5.03. The number of aromatic nitrogens is 1. The van der Waals surface area contributed by atoms with Gasteiger partial charge < -0.3 is 10.4 Å². The molecular weight excluding hydrogens is 244 g/mol. The van der Waals surface area contributed by atoms with Crippen molar-refractivity contribution in [1.82, 2.24) is 10.3 Å². The number of aryl methyl sites for hydroxylation is 1. The first-order valence-electron chi connectivity index (χ1n) is 6.32. The van der Waals surface area contributed by atoms with Crippen LogP contribution < -0.4 is 5.32 Å². The Morgan fingerprint density at radius 2 is 2.11 bits per heavy atom. The fraction of sp³-hybridized carbons (Fsp3) is 0.500. The van der Waals surface area contributed by atoms with E-state index in [1.807, 2.05) is 26.8 Å². The predicted molar refractivity (Wildman–Crippen MR) is 71.7 cm³/mol. The molecule has 1 unspecified atom stereocenters. The van der Waals surface area contributed by atoms with E-state index >= 15 is 0 Å². The topological polar surface area (TPSA) is 79.3 Å². The highest BCUT2D eigenvalue weighted by Gasteiger charge is 2.21. The number of nitrogens with zero attached hydrogens (tertiary/aromatic N) is 1. The summed E-state index contributed by atoms with van der Waals surface area (Å²) in [7, 11) is 0. The maximum absolute atomic E-state index is 11.8. The number of carboxylic acids is 1. The number of rotatable bonds is 6. The first kappa shape index (κ1) is 15.1. The van der Waals surface area contributed by atoms with E-state index in [0.717, 1.165) is 5.56 Å². The van der Waals surface area contributed by atoms with Crippen molar-refractivity contribution in [3.63, 3.8) is 0 Å². The fourth-order valence-corrected chi connectivity index (χ4v) is 1.79. The number of amides is 1. The van der Waals surface area contributed by atoms with Crippen LogP contribution in [0.1, 0.15) is 31.5 Å². The van der Waals surface area contributed by atoms with Gasteiger partial charge in [-0.15, -0.1) is 0 Å². The standard InChI is InChI=1S/C14H20N2O3/c1-9(2)7-12(14(18)19)16-13(17)8-11-10(3)5-4-6-15-11/h4-6,9,12H,7-8H2,1-3H3,(H,16,17)(H,18,19). The molecule has 0 fully saturated rings. The van der Waals surface area contributed by atoms with Crippen LogP contribution in [-0.2, 0) is 16.0 Å². The van der Waals surface area contributed by atoms with Gasteiger partial charge in [0.05, 0.1) is 12.1 Å². The second kappa shape index (κ2) is 6.87. The first-order chi connectivity index (χ1) is 8.90. The Balaban J connectivity index is 2.63. The van der Waals surface area contributed by atoms with E-state index in [0.29, 0.717) is 12.1 Å². The maximum Gasteiger partial charge on any atom is 0.326 e. The number of aliphatic carboxylic acids is 1. The molecule has 5 nitrogen and oxygen atoms in total. The summed E-state index contributed by atoms with van der Waals surface area (Å²) in [6.45, 7) is 5.72. The lowest BCUT2D eigenvalue weighted by atomic mass is 10.0. The number of nitrogens with one attached hydrogen (secondary N) is 1. The summed E-state index contributed by atoms with van der Waals surface area (Å²) in [6, 6.07) is 2.84. The molecule has 0 aliphatic carbocycles. The Morgan fingerprint density at radius 3 is 2.63 bits per heavy atom. The third-order valence-electron chi connectivity index (χ3n) is 2.79. The summed E-state index contributed by atoms with van der Waals surface area (Å²) in [6.07, 6.45) is 2.15. The van der Waals surface area contributed by atoms with Crippen LogP contribution in [-0.4, -0.2) is 28.0 Å². The Labute approximate surface area is 113 Å². The summed E-state index contributed by atoms with van der Waals surface area (Å²) < 4.78 is 0. The van der Waals surface area contributed by atoms with Crippen molar-refractivity contribution >= 4 is 11.9 Å². The summed E-state index contributed by atoms with van der Waals surface area (Å²) in [5.41, 5.74) is 1.60. The van der Waals surface area contributed by atoms with Gasteiger partial charge in [-0.05, 0) is 30.9 Å². The van der Waals surface area contributed by atoms with Gasteiger partial charge in [0, 0.05) is 6.20 Å². The molecule has 1 aromatic rings. The van der Waals surface area contributed by atoms with E-state index in [2.05, 4.69) is 10.3 Å². The highest BCUT2D eigenvalue weighted by molar-refractivity contribution is 5.84. The number of hydrogen-bond donors (Lipinski definition) is 2. The fourth-order valence-electron chi connectivity index (χ4n) is 1.79. The van der Waals surface area contributed by atoms with E-state index in [-0.39, 0.29) is 18.2 Å². The van der Waals surface area contributed by atoms with Gasteiger partial charge in [0.1, 0.15) is 6.04 Å². The van der Waals surface area contributed by atoms with Crippen LogP contribution >= 0.6 is 0 Å². The summed E-state index contributed by atoms with van der Waals surface area (Å²) in [5.74, 6) is -1.10.